The second-order valence-electron chi connectivity index (χ2n) is 12.1. The Morgan fingerprint density at radius 2 is 1.17 bits per heavy atom. The summed E-state index contributed by atoms with van der Waals surface area (Å²) in [5, 5.41) is 11.3. The van der Waals surface area contributed by atoms with E-state index in [0.29, 0.717) is 39.9 Å². The molecule has 3 aromatic carbocycles. The average Bonchev–Trinajstić information content (AvgIpc) is 3.84. The number of aromatic nitrogens is 7. The molecular formula is C42H35N9O3. The van der Waals surface area contributed by atoms with Crippen LogP contribution in [0.15, 0.2) is 159 Å². The number of carbonyl (C=O) groups excluding carboxylic acids is 1. The van der Waals surface area contributed by atoms with Crippen LogP contribution in [0.4, 0.5) is 11.4 Å². The molecule has 5 aromatic heterocycles. The number of pyridine rings is 3. The lowest BCUT2D eigenvalue weighted by Crippen LogP contribution is -2.11. The molecule has 266 valence electrons. The Hall–Kier alpha value is -7.60. The highest BCUT2D eigenvalue weighted by Gasteiger charge is 2.10. The molecule has 0 spiro atoms. The maximum absolute atomic E-state index is 12.9. The van der Waals surface area contributed by atoms with E-state index < -0.39 is 0 Å². The normalized spacial score (nSPS) is 10.6. The summed E-state index contributed by atoms with van der Waals surface area (Å²) in [6.07, 6.45) is 14.2. The minimum absolute atomic E-state index is 0.198. The second-order valence-corrected chi connectivity index (χ2v) is 12.1. The number of benzene rings is 3. The number of rotatable bonds is 9. The van der Waals surface area contributed by atoms with E-state index in [4.69, 9.17) is 15.2 Å². The average molecular weight is 714 g/mol. The van der Waals surface area contributed by atoms with E-state index in [0.717, 1.165) is 33.6 Å². The molecule has 0 saturated heterocycles. The van der Waals surface area contributed by atoms with Crippen molar-refractivity contribution in [2.75, 3.05) is 11.1 Å². The van der Waals surface area contributed by atoms with Crippen molar-refractivity contribution in [1.29, 1.82) is 0 Å². The number of aryl methyl sites for hydroxylation is 2. The molecule has 0 unspecified atom stereocenters. The SMILES string of the molecule is Cn1cc(-c2cc(Oc3cccc(N)c3)ccn2)cn1.Cn1cc(-c2cc(Oc3cccc(NC(=O)c4cccc(-c5ccncc5)c4)c3)ccn2)cn1. The molecule has 8 rings (SSSR count). The molecule has 1 amide bonds. The zero-order valence-corrected chi connectivity index (χ0v) is 29.4. The molecule has 0 radical (unpaired) electrons. The van der Waals surface area contributed by atoms with Gasteiger partial charge in [-0.05, 0) is 71.8 Å². The molecule has 12 heteroatoms. The first-order chi connectivity index (χ1) is 26.3. The number of ether oxygens (including phenoxy) is 2. The van der Waals surface area contributed by atoms with E-state index in [1.165, 1.54) is 0 Å². The third-order valence-corrected chi connectivity index (χ3v) is 8.02. The third kappa shape index (κ3) is 9.00. The van der Waals surface area contributed by atoms with Gasteiger partial charge in [0, 0.05) is 104 Å². The Balaban J connectivity index is 0.000000191. The first-order valence-corrected chi connectivity index (χ1v) is 16.9. The Labute approximate surface area is 311 Å². The van der Waals surface area contributed by atoms with Crippen LogP contribution in [0.5, 0.6) is 23.0 Å². The highest BCUT2D eigenvalue weighted by atomic mass is 16.5. The van der Waals surface area contributed by atoms with Gasteiger partial charge < -0.3 is 20.5 Å². The van der Waals surface area contributed by atoms with Gasteiger partial charge in [-0.2, -0.15) is 10.2 Å². The summed E-state index contributed by atoms with van der Waals surface area (Å²) in [6, 6.07) is 33.2. The summed E-state index contributed by atoms with van der Waals surface area (Å²) in [5.74, 6) is 2.46. The van der Waals surface area contributed by atoms with Gasteiger partial charge in [-0.25, -0.2) is 0 Å². The quantitative estimate of drug-likeness (QED) is 0.141. The molecule has 0 aliphatic carbocycles. The number of hydrogen-bond acceptors (Lipinski definition) is 9. The van der Waals surface area contributed by atoms with Crippen molar-refractivity contribution in [2.45, 2.75) is 0 Å². The Bertz CT molecular complexity index is 2510. The maximum Gasteiger partial charge on any atom is 0.255 e. The number of nitrogens with one attached hydrogen (secondary N) is 1. The van der Waals surface area contributed by atoms with Crippen LogP contribution < -0.4 is 20.5 Å². The maximum atomic E-state index is 12.9. The summed E-state index contributed by atoms with van der Waals surface area (Å²) >= 11 is 0. The Morgan fingerprint density at radius 3 is 1.76 bits per heavy atom. The summed E-state index contributed by atoms with van der Waals surface area (Å²) in [6.45, 7) is 0. The first kappa shape index (κ1) is 34.8. The van der Waals surface area contributed by atoms with Crippen LogP contribution in [0.1, 0.15) is 10.4 Å². The fraction of sp³-hybridized carbons (Fsp3) is 0.0476. The summed E-state index contributed by atoms with van der Waals surface area (Å²) in [7, 11) is 3.73. The van der Waals surface area contributed by atoms with E-state index in [9.17, 15) is 4.79 Å². The highest BCUT2D eigenvalue weighted by Crippen LogP contribution is 2.29. The Kier molecular flexibility index (Phi) is 10.4. The van der Waals surface area contributed by atoms with Crippen molar-refractivity contribution in [2.24, 2.45) is 14.1 Å². The smallest absolute Gasteiger partial charge is 0.255 e. The topological polar surface area (TPSA) is 148 Å². The van der Waals surface area contributed by atoms with Gasteiger partial charge in [-0.1, -0.05) is 24.3 Å². The lowest BCUT2D eigenvalue weighted by Gasteiger charge is -2.10. The number of hydrogen-bond donors (Lipinski definition) is 2. The number of carbonyl (C=O) groups is 1. The lowest BCUT2D eigenvalue weighted by molar-refractivity contribution is 0.102. The summed E-state index contributed by atoms with van der Waals surface area (Å²) in [5.41, 5.74) is 13.0. The number of nitrogens with zero attached hydrogens (tertiary/aromatic N) is 7. The molecule has 0 aliphatic rings. The van der Waals surface area contributed by atoms with Gasteiger partial charge >= 0.3 is 0 Å². The van der Waals surface area contributed by atoms with Crippen molar-refractivity contribution in [3.05, 3.63) is 164 Å². The zero-order chi connectivity index (χ0) is 37.3. The second kappa shape index (κ2) is 16.2. The van der Waals surface area contributed by atoms with Crippen LogP contribution in [0.3, 0.4) is 0 Å². The number of amides is 1. The molecule has 12 nitrogen and oxygen atoms in total. The lowest BCUT2D eigenvalue weighted by atomic mass is 10.0. The van der Waals surface area contributed by atoms with Crippen LogP contribution in [0.2, 0.25) is 0 Å². The molecule has 8 aromatic rings. The van der Waals surface area contributed by atoms with Gasteiger partial charge in [-0.15, -0.1) is 0 Å². The van der Waals surface area contributed by atoms with Crippen molar-refractivity contribution in [3.8, 4) is 56.6 Å². The van der Waals surface area contributed by atoms with Crippen molar-refractivity contribution in [1.82, 2.24) is 34.5 Å². The van der Waals surface area contributed by atoms with Gasteiger partial charge in [0.2, 0.25) is 0 Å². The predicted molar refractivity (Wildman–Crippen MR) is 208 cm³/mol. The summed E-state index contributed by atoms with van der Waals surface area (Å²) < 4.78 is 15.3. The highest BCUT2D eigenvalue weighted by molar-refractivity contribution is 6.05. The molecule has 5 heterocycles. The molecular weight excluding hydrogens is 679 g/mol. The van der Waals surface area contributed by atoms with Crippen LogP contribution in [-0.2, 0) is 14.1 Å². The minimum Gasteiger partial charge on any atom is -0.457 e. The van der Waals surface area contributed by atoms with E-state index >= 15 is 0 Å². The molecule has 3 N–H and O–H groups in total. The molecule has 0 atom stereocenters. The number of nitrogen functional groups attached to an aromatic ring is 1. The minimum atomic E-state index is -0.198. The summed E-state index contributed by atoms with van der Waals surface area (Å²) in [4.78, 5) is 25.6. The fourth-order valence-electron chi connectivity index (χ4n) is 5.45. The van der Waals surface area contributed by atoms with Gasteiger partial charge in [-0.3, -0.25) is 29.1 Å². The van der Waals surface area contributed by atoms with Gasteiger partial charge in [0.15, 0.2) is 0 Å². The largest absolute Gasteiger partial charge is 0.457 e. The van der Waals surface area contributed by atoms with Crippen molar-refractivity contribution >= 4 is 17.3 Å². The zero-order valence-electron chi connectivity index (χ0n) is 29.4. The van der Waals surface area contributed by atoms with Gasteiger partial charge in [0.05, 0.1) is 23.8 Å². The van der Waals surface area contributed by atoms with Crippen LogP contribution in [0.25, 0.3) is 33.6 Å². The first-order valence-electron chi connectivity index (χ1n) is 16.9. The molecule has 0 aliphatic heterocycles. The van der Waals surface area contributed by atoms with Crippen molar-refractivity contribution < 1.29 is 14.3 Å². The molecule has 54 heavy (non-hydrogen) atoms. The number of anilines is 2. The van der Waals surface area contributed by atoms with E-state index in [-0.39, 0.29) is 5.91 Å². The third-order valence-electron chi connectivity index (χ3n) is 8.02. The molecule has 0 fully saturated rings. The number of nitrogens with two attached hydrogens (primary N) is 1. The van der Waals surface area contributed by atoms with Crippen LogP contribution >= 0.6 is 0 Å². The fourth-order valence-corrected chi connectivity index (χ4v) is 5.45. The predicted octanol–water partition coefficient (Wildman–Crippen LogP) is 8.45. The van der Waals surface area contributed by atoms with Crippen LogP contribution in [0, 0.1) is 0 Å². The van der Waals surface area contributed by atoms with Gasteiger partial charge in [0.25, 0.3) is 5.91 Å². The van der Waals surface area contributed by atoms with E-state index in [1.54, 1.807) is 70.8 Å². The van der Waals surface area contributed by atoms with E-state index in [1.807, 2.05) is 111 Å². The Morgan fingerprint density at radius 1 is 0.593 bits per heavy atom. The van der Waals surface area contributed by atoms with E-state index in [2.05, 4.69) is 30.5 Å². The van der Waals surface area contributed by atoms with Gasteiger partial charge in [0.1, 0.15) is 23.0 Å². The van der Waals surface area contributed by atoms with Crippen molar-refractivity contribution in [3.63, 3.8) is 0 Å². The molecule has 0 saturated carbocycles. The standard InChI is InChI=1S/C27H21N5O2.C15H14N4O/c1-32-18-22(17-30-32)26-16-25(10-13-29-26)34-24-7-3-6-23(15-24)31-27(33)21-5-2-4-20(14-21)19-8-11-28-12-9-19;1-19-10-11(9-18-19)15-8-14(5-6-17-15)20-13-4-2-3-12(16)7-13/h2-18H,1H3,(H,31,33);2-10H,16H2,1H3. The van der Waals surface area contributed by atoms with Crippen LogP contribution in [-0.4, -0.2) is 40.4 Å². The molecule has 0 bridgehead atoms. The monoisotopic (exact) mass is 713 g/mol.